The van der Waals surface area contributed by atoms with Crippen molar-refractivity contribution in [2.75, 3.05) is 21.3 Å². The van der Waals surface area contributed by atoms with Crippen LogP contribution in [0.2, 0.25) is 0 Å². The van der Waals surface area contributed by atoms with Gasteiger partial charge in [-0.15, -0.1) is 0 Å². The largest absolute Gasteiger partial charge is 0.507 e. The Balaban J connectivity index is 2.87. The van der Waals surface area contributed by atoms with Gasteiger partial charge < -0.3 is 19.3 Å². The lowest BCUT2D eigenvalue weighted by atomic mass is 10.1. The van der Waals surface area contributed by atoms with Crippen molar-refractivity contribution in [1.29, 1.82) is 0 Å². The minimum atomic E-state index is -0.617. The van der Waals surface area contributed by atoms with Crippen LogP contribution in [0.25, 0.3) is 0 Å². The third-order valence-corrected chi connectivity index (χ3v) is 2.38. The van der Waals surface area contributed by atoms with Crippen LogP contribution in [0.1, 0.15) is 16.8 Å². The Kier molecular flexibility index (Phi) is 4.93. The molecule has 0 spiro atoms. The molecule has 0 saturated carbocycles. The fourth-order valence-electron chi connectivity index (χ4n) is 1.39. The number of hydrogen-bond donors (Lipinski definition) is 1. The average Bonchev–Trinajstić information content (AvgIpc) is 2.36. The molecule has 1 rings (SSSR count). The Bertz CT molecular complexity index is 384. The third-order valence-electron chi connectivity index (χ3n) is 2.38. The lowest BCUT2D eigenvalue weighted by Gasteiger charge is -2.13. The second-order valence-electron chi connectivity index (χ2n) is 3.41. The maximum absolute atomic E-state index is 11.9. The molecule has 0 saturated heterocycles. The highest BCUT2D eigenvalue weighted by molar-refractivity contribution is 5.99. The SMILES string of the molecule is COc1ccc(O)c(C(=O)CC(OC)OC)c1. The van der Waals surface area contributed by atoms with Gasteiger partial charge >= 0.3 is 0 Å². The number of phenolic OH excluding ortho intramolecular Hbond substituents is 1. The van der Waals surface area contributed by atoms with E-state index in [1.165, 1.54) is 33.5 Å². The summed E-state index contributed by atoms with van der Waals surface area (Å²) in [5, 5.41) is 9.60. The van der Waals surface area contributed by atoms with Crippen molar-refractivity contribution >= 4 is 5.78 Å². The van der Waals surface area contributed by atoms with Gasteiger partial charge in [0.2, 0.25) is 0 Å². The molecule has 1 aromatic carbocycles. The summed E-state index contributed by atoms with van der Waals surface area (Å²) in [6.45, 7) is 0. The van der Waals surface area contributed by atoms with Crippen LogP contribution in [-0.4, -0.2) is 38.5 Å². The van der Waals surface area contributed by atoms with Gasteiger partial charge in [-0.2, -0.15) is 0 Å². The predicted molar refractivity (Wildman–Crippen MR) is 61.4 cm³/mol. The van der Waals surface area contributed by atoms with Crippen molar-refractivity contribution < 1.29 is 24.1 Å². The molecule has 0 atom stereocenters. The quantitative estimate of drug-likeness (QED) is 0.604. The molecule has 0 aliphatic rings. The fourth-order valence-corrected chi connectivity index (χ4v) is 1.39. The molecule has 5 heteroatoms. The van der Waals surface area contributed by atoms with Crippen molar-refractivity contribution in [3.05, 3.63) is 23.8 Å². The Morgan fingerprint density at radius 1 is 1.29 bits per heavy atom. The number of Topliss-reactive ketones (excluding diaryl/α,β-unsaturated/α-hetero) is 1. The smallest absolute Gasteiger partial charge is 0.171 e. The van der Waals surface area contributed by atoms with Crippen molar-refractivity contribution in [3.8, 4) is 11.5 Å². The molecule has 17 heavy (non-hydrogen) atoms. The van der Waals surface area contributed by atoms with Crippen LogP contribution in [0.5, 0.6) is 11.5 Å². The zero-order chi connectivity index (χ0) is 12.8. The number of carbonyl (C=O) groups is 1. The van der Waals surface area contributed by atoms with Crippen LogP contribution in [0.4, 0.5) is 0 Å². The minimum Gasteiger partial charge on any atom is -0.507 e. The highest BCUT2D eigenvalue weighted by Gasteiger charge is 2.17. The van der Waals surface area contributed by atoms with E-state index in [9.17, 15) is 9.90 Å². The number of aromatic hydroxyl groups is 1. The molecule has 1 N–H and O–H groups in total. The molecular formula is C12H16O5. The number of ketones is 1. The van der Waals surface area contributed by atoms with Gasteiger partial charge in [0, 0.05) is 14.2 Å². The summed E-state index contributed by atoms with van der Waals surface area (Å²) >= 11 is 0. The van der Waals surface area contributed by atoms with Crippen LogP contribution in [0, 0.1) is 0 Å². The standard InChI is InChI=1S/C12H16O5/c1-15-8-4-5-10(13)9(6-8)11(14)7-12(16-2)17-3/h4-6,12-13H,7H2,1-3H3. The van der Waals surface area contributed by atoms with E-state index < -0.39 is 6.29 Å². The van der Waals surface area contributed by atoms with E-state index in [1.807, 2.05) is 0 Å². The van der Waals surface area contributed by atoms with Crippen molar-refractivity contribution in [3.63, 3.8) is 0 Å². The number of hydrogen-bond acceptors (Lipinski definition) is 5. The van der Waals surface area contributed by atoms with E-state index in [-0.39, 0.29) is 23.5 Å². The summed E-state index contributed by atoms with van der Waals surface area (Å²) in [4.78, 5) is 11.9. The number of benzene rings is 1. The highest BCUT2D eigenvalue weighted by atomic mass is 16.7. The van der Waals surface area contributed by atoms with Crippen LogP contribution < -0.4 is 4.74 Å². The molecule has 0 amide bonds. The van der Waals surface area contributed by atoms with Gasteiger partial charge in [0.05, 0.1) is 19.1 Å². The van der Waals surface area contributed by atoms with E-state index in [0.29, 0.717) is 5.75 Å². The summed E-state index contributed by atoms with van der Waals surface area (Å²) in [7, 11) is 4.40. The Hall–Kier alpha value is -1.59. The van der Waals surface area contributed by atoms with Crippen LogP contribution in [0.3, 0.4) is 0 Å². The summed E-state index contributed by atoms with van der Waals surface area (Å²) in [5.74, 6) is 0.161. The maximum Gasteiger partial charge on any atom is 0.171 e. The van der Waals surface area contributed by atoms with Gasteiger partial charge in [0.1, 0.15) is 11.5 Å². The summed E-state index contributed by atoms with van der Waals surface area (Å²) in [5.41, 5.74) is 0.198. The van der Waals surface area contributed by atoms with E-state index in [0.717, 1.165) is 0 Å². The Labute approximate surface area is 99.9 Å². The number of ether oxygens (including phenoxy) is 3. The predicted octanol–water partition coefficient (Wildman–Crippen LogP) is 1.59. The second-order valence-corrected chi connectivity index (χ2v) is 3.41. The molecule has 1 aromatic rings. The first-order chi connectivity index (χ1) is 8.12. The summed E-state index contributed by atoms with van der Waals surface area (Å²) in [6, 6.07) is 4.48. The molecule has 0 aliphatic heterocycles. The number of methoxy groups -OCH3 is 3. The van der Waals surface area contributed by atoms with Gasteiger partial charge in [-0.1, -0.05) is 0 Å². The van der Waals surface area contributed by atoms with Gasteiger partial charge in [0.15, 0.2) is 12.1 Å². The topological polar surface area (TPSA) is 65.0 Å². The molecule has 0 heterocycles. The fraction of sp³-hybridized carbons (Fsp3) is 0.417. The Morgan fingerprint density at radius 2 is 1.94 bits per heavy atom. The normalized spacial score (nSPS) is 10.6. The van der Waals surface area contributed by atoms with Crippen LogP contribution in [-0.2, 0) is 9.47 Å². The maximum atomic E-state index is 11.9. The molecule has 94 valence electrons. The van der Waals surface area contributed by atoms with E-state index >= 15 is 0 Å². The van der Waals surface area contributed by atoms with Gasteiger partial charge in [0.25, 0.3) is 0 Å². The van der Waals surface area contributed by atoms with E-state index in [2.05, 4.69) is 0 Å². The van der Waals surface area contributed by atoms with Crippen molar-refractivity contribution in [2.24, 2.45) is 0 Å². The van der Waals surface area contributed by atoms with Gasteiger partial charge in [-0.25, -0.2) is 0 Å². The lowest BCUT2D eigenvalue weighted by Crippen LogP contribution is -2.18. The molecule has 0 aliphatic carbocycles. The molecule has 0 unspecified atom stereocenters. The molecule has 0 fully saturated rings. The minimum absolute atomic E-state index is 0.0354. The van der Waals surface area contributed by atoms with Crippen LogP contribution in [0.15, 0.2) is 18.2 Å². The second kappa shape index (κ2) is 6.22. The summed E-state index contributed by atoms with van der Waals surface area (Å²) in [6.07, 6.45) is -0.582. The van der Waals surface area contributed by atoms with Gasteiger partial charge in [-0.3, -0.25) is 4.79 Å². The number of carbonyl (C=O) groups excluding carboxylic acids is 1. The summed E-state index contributed by atoms with van der Waals surface area (Å²) < 4.78 is 14.9. The van der Waals surface area contributed by atoms with Crippen LogP contribution >= 0.6 is 0 Å². The first-order valence-corrected chi connectivity index (χ1v) is 5.08. The lowest BCUT2D eigenvalue weighted by molar-refractivity contribution is -0.0993. The van der Waals surface area contributed by atoms with Gasteiger partial charge in [-0.05, 0) is 18.2 Å². The monoisotopic (exact) mass is 240 g/mol. The molecule has 0 radical (unpaired) electrons. The first kappa shape index (κ1) is 13.5. The van der Waals surface area contributed by atoms with Crippen molar-refractivity contribution in [1.82, 2.24) is 0 Å². The van der Waals surface area contributed by atoms with Crippen molar-refractivity contribution in [2.45, 2.75) is 12.7 Å². The molecule has 0 bridgehead atoms. The Morgan fingerprint density at radius 3 is 2.47 bits per heavy atom. The van der Waals surface area contributed by atoms with E-state index in [4.69, 9.17) is 14.2 Å². The number of phenols is 1. The van der Waals surface area contributed by atoms with E-state index in [1.54, 1.807) is 6.07 Å². The zero-order valence-corrected chi connectivity index (χ0v) is 10.1. The average molecular weight is 240 g/mol. The molecule has 0 aromatic heterocycles. The highest BCUT2D eigenvalue weighted by Crippen LogP contribution is 2.24. The zero-order valence-electron chi connectivity index (χ0n) is 10.1. The number of rotatable bonds is 6. The molecule has 5 nitrogen and oxygen atoms in total. The third kappa shape index (κ3) is 3.44. The molecular weight excluding hydrogens is 224 g/mol. The first-order valence-electron chi connectivity index (χ1n) is 5.08.